The van der Waals surface area contributed by atoms with Crippen LogP contribution in [0.4, 0.5) is 11.5 Å². The summed E-state index contributed by atoms with van der Waals surface area (Å²) in [6, 6.07) is 5.51. The molecule has 0 aliphatic rings. The predicted molar refractivity (Wildman–Crippen MR) is 78.7 cm³/mol. The van der Waals surface area contributed by atoms with E-state index < -0.39 is 10.8 Å². The van der Waals surface area contributed by atoms with E-state index in [0.717, 1.165) is 0 Å². The molecular weight excluding hydrogens is 296 g/mol. The summed E-state index contributed by atoms with van der Waals surface area (Å²) in [6.07, 6.45) is 1.54. The molecule has 0 spiro atoms. The number of nitrogens with zero attached hydrogens (tertiary/aromatic N) is 3. The lowest BCUT2D eigenvalue weighted by Crippen LogP contribution is -2.18. The van der Waals surface area contributed by atoms with E-state index in [1.807, 2.05) is 13.8 Å². The molecule has 0 aliphatic carbocycles. The average molecular weight is 309 g/mol. The minimum absolute atomic E-state index is 0.0460. The molecule has 0 saturated carbocycles. The number of hydrogen-bond acceptors (Lipinski definition) is 4. The molecule has 0 aliphatic heterocycles. The van der Waals surface area contributed by atoms with Gasteiger partial charge in [-0.2, -0.15) is 5.10 Å². The van der Waals surface area contributed by atoms with Crippen LogP contribution in [0.15, 0.2) is 30.5 Å². The maximum atomic E-state index is 12.2. The van der Waals surface area contributed by atoms with Gasteiger partial charge in [0, 0.05) is 23.2 Å². The third kappa shape index (κ3) is 3.19. The van der Waals surface area contributed by atoms with Crippen molar-refractivity contribution in [3.8, 4) is 0 Å². The van der Waals surface area contributed by atoms with Crippen LogP contribution < -0.4 is 5.32 Å². The molecule has 0 bridgehead atoms. The number of benzene rings is 1. The van der Waals surface area contributed by atoms with Gasteiger partial charge in [-0.1, -0.05) is 11.6 Å². The zero-order valence-electron chi connectivity index (χ0n) is 11.4. The van der Waals surface area contributed by atoms with Crippen molar-refractivity contribution in [2.24, 2.45) is 0 Å². The number of aromatic nitrogens is 2. The summed E-state index contributed by atoms with van der Waals surface area (Å²) < 4.78 is 1.61. The van der Waals surface area contributed by atoms with Gasteiger partial charge in [0.15, 0.2) is 0 Å². The zero-order valence-corrected chi connectivity index (χ0v) is 12.2. The molecule has 8 heteroatoms. The standard InChI is InChI=1S/C13H13ClN4O3/c1-8(2)17-12(5-6-15-17)16-13(19)10-7-9(14)3-4-11(10)18(20)21/h3-8H,1-2H3,(H,16,19). The quantitative estimate of drug-likeness (QED) is 0.693. The Morgan fingerprint density at radius 3 is 2.76 bits per heavy atom. The van der Waals surface area contributed by atoms with Crippen LogP contribution in [-0.2, 0) is 0 Å². The van der Waals surface area contributed by atoms with Gasteiger partial charge in [0.2, 0.25) is 0 Å². The van der Waals surface area contributed by atoms with Crippen LogP contribution in [0.3, 0.4) is 0 Å². The molecule has 1 aromatic carbocycles. The number of nitro groups is 1. The summed E-state index contributed by atoms with van der Waals surface area (Å²) in [5.74, 6) is -0.143. The van der Waals surface area contributed by atoms with E-state index in [0.29, 0.717) is 5.82 Å². The van der Waals surface area contributed by atoms with Crippen LogP contribution in [0.5, 0.6) is 0 Å². The SMILES string of the molecule is CC(C)n1nccc1NC(=O)c1cc(Cl)ccc1[N+](=O)[O-]. The van der Waals surface area contributed by atoms with Crippen molar-refractivity contribution in [1.29, 1.82) is 0 Å². The van der Waals surface area contributed by atoms with E-state index in [4.69, 9.17) is 11.6 Å². The molecule has 2 aromatic rings. The number of hydrogen-bond donors (Lipinski definition) is 1. The number of amides is 1. The first-order valence-electron chi connectivity index (χ1n) is 6.19. The first-order valence-corrected chi connectivity index (χ1v) is 6.56. The molecule has 0 atom stereocenters. The van der Waals surface area contributed by atoms with Crippen molar-refractivity contribution in [3.63, 3.8) is 0 Å². The van der Waals surface area contributed by atoms with Crippen molar-refractivity contribution < 1.29 is 9.72 Å². The van der Waals surface area contributed by atoms with Crippen LogP contribution in [0.2, 0.25) is 5.02 Å². The second-order valence-electron chi connectivity index (χ2n) is 4.63. The molecule has 1 N–H and O–H groups in total. The van der Waals surface area contributed by atoms with Gasteiger partial charge in [-0.3, -0.25) is 14.9 Å². The number of nitrogens with one attached hydrogen (secondary N) is 1. The molecule has 2 rings (SSSR count). The predicted octanol–water partition coefficient (Wildman–Crippen LogP) is 3.28. The monoisotopic (exact) mass is 308 g/mol. The van der Waals surface area contributed by atoms with E-state index in [-0.39, 0.29) is 22.3 Å². The van der Waals surface area contributed by atoms with Gasteiger partial charge >= 0.3 is 0 Å². The molecular formula is C13H13ClN4O3. The van der Waals surface area contributed by atoms with Crippen LogP contribution in [0.1, 0.15) is 30.2 Å². The van der Waals surface area contributed by atoms with Crippen molar-refractivity contribution >= 4 is 29.0 Å². The molecule has 0 unspecified atom stereocenters. The van der Waals surface area contributed by atoms with Crippen molar-refractivity contribution in [2.45, 2.75) is 19.9 Å². The highest BCUT2D eigenvalue weighted by molar-refractivity contribution is 6.31. The van der Waals surface area contributed by atoms with Crippen molar-refractivity contribution in [2.75, 3.05) is 5.32 Å². The first-order chi connectivity index (χ1) is 9.90. The molecule has 0 saturated heterocycles. The summed E-state index contributed by atoms with van der Waals surface area (Å²) >= 11 is 5.81. The van der Waals surface area contributed by atoms with Gasteiger partial charge in [-0.25, -0.2) is 4.68 Å². The lowest BCUT2D eigenvalue weighted by Gasteiger charge is -2.12. The average Bonchev–Trinajstić information content (AvgIpc) is 2.86. The molecule has 21 heavy (non-hydrogen) atoms. The number of anilines is 1. The fraction of sp³-hybridized carbons (Fsp3) is 0.231. The minimum atomic E-state index is -0.620. The highest BCUT2D eigenvalue weighted by Crippen LogP contribution is 2.24. The minimum Gasteiger partial charge on any atom is -0.307 e. The molecule has 1 amide bonds. The van der Waals surface area contributed by atoms with Crippen LogP contribution in [-0.4, -0.2) is 20.6 Å². The summed E-state index contributed by atoms with van der Waals surface area (Å²) in [5.41, 5.74) is -0.392. The second-order valence-corrected chi connectivity index (χ2v) is 5.06. The van der Waals surface area contributed by atoms with Crippen LogP contribution in [0.25, 0.3) is 0 Å². The molecule has 1 aromatic heterocycles. The Morgan fingerprint density at radius 1 is 1.43 bits per heavy atom. The number of carbonyl (C=O) groups excluding carboxylic acids is 1. The van der Waals surface area contributed by atoms with Gasteiger partial charge < -0.3 is 5.32 Å². The van der Waals surface area contributed by atoms with Gasteiger partial charge in [0.1, 0.15) is 11.4 Å². The Morgan fingerprint density at radius 2 is 2.14 bits per heavy atom. The topological polar surface area (TPSA) is 90.1 Å². The highest BCUT2D eigenvalue weighted by atomic mass is 35.5. The summed E-state index contributed by atoms with van der Waals surface area (Å²) in [6.45, 7) is 3.81. The lowest BCUT2D eigenvalue weighted by atomic mass is 10.1. The maximum Gasteiger partial charge on any atom is 0.282 e. The van der Waals surface area contributed by atoms with Gasteiger partial charge in [-0.15, -0.1) is 0 Å². The molecule has 110 valence electrons. The number of nitro benzene ring substituents is 1. The Labute approximate surface area is 125 Å². The number of rotatable bonds is 4. The molecule has 1 heterocycles. The lowest BCUT2D eigenvalue weighted by molar-refractivity contribution is -0.385. The van der Waals surface area contributed by atoms with Gasteiger partial charge in [-0.05, 0) is 26.0 Å². The third-order valence-corrected chi connectivity index (χ3v) is 3.04. The summed E-state index contributed by atoms with van der Waals surface area (Å²) in [7, 11) is 0. The van der Waals surface area contributed by atoms with E-state index >= 15 is 0 Å². The summed E-state index contributed by atoms with van der Waals surface area (Å²) in [4.78, 5) is 22.6. The normalized spacial score (nSPS) is 10.7. The maximum absolute atomic E-state index is 12.2. The van der Waals surface area contributed by atoms with E-state index in [2.05, 4.69) is 10.4 Å². The smallest absolute Gasteiger partial charge is 0.282 e. The summed E-state index contributed by atoms with van der Waals surface area (Å²) in [5, 5.41) is 17.9. The zero-order chi connectivity index (χ0) is 15.6. The van der Waals surface area contributed by atoms with Crippen LogP contribution >= 0.6 is 11.6 Å². The Bertz CT molecular complexity index is 696. The number of carbonyl (C=O) groups is 1. The highest BCUT2D eigenvalue weighted by Gasteiger charge is 2.21. The fourth-order valence-corrected chi connectivity index (χ4v) is 2.03. The van der Waals surface area contributed by atoms with Crippen LogP contribution in [0, 0.1) is 10.1 Å². The Balaban J connectivity index is 2.34. The van der Waals surface area contributed by atoms with E-state index in [1.165, 1.54) is 18.2 Å². The Hall–Kier alpha value is -2.41. The van der Waals surface area contributed by atoms with E-state index in [1.54, 1.807) is 16.9 Å². The number of halogens is 1. The fourth-order valence-electron chi connectivity index (χ4n) is 1.86. The molecule has 0 fully saturated rings. The van der Waals surface area contributed by atoms with E-state index in [9.17, 15) is 14.9 Å². The van der Waals surface area contributed by atoms with Gasteiger partial charge in [0.25, 0.3) is 11.6 Å². The second kappa shape index (κ2) is 5.92. The molecule has 0 radical (unpaired) electrons. The largest absolute Gasteiger partial charge is 0.307 e. The molecule has 7 nitrogen and oxygen atoms in total. The van der Waals surface area contributed by atoms with Crippen molar-refractivity contribution in [1.82, 2.24) is 9.78 Å². The Kier molecular flexibility index (Phi) is 4.23. The van der Waals surface area contributed by atoms with Gasteiger partial charge in [0.05, 0.1) is 11.1 Å². The first kappa shape index (κ1) is 15.0. The third-order valence-electron chi connectivity index (χ3n) is 2.80. The van der Waals surface area contributed by atoms with Crippen molar-refractivity contribution in [3.05, 3.63) is 51.2 Å².